The van der Waals surface area contributed by atoms with Crippen LogP contribution in [0.2, 0.25) is 0 Å². The fraction of sp³-hybridized carbons (Fsp3) is 0.167. The molecule has 0 aliphatic carbocycles. The lowest BCUT2D eigenvalue weighted by atomic mass is 10.1. The molecule has 0 radical (unpaired) electrons. The topological polar surface area (TPSA) is 96.7 Å². The molecule has 0 saturated heterocycles. The number of nitrogens with one attached hydrogen (secondary N) is 1. The molecule has 0 amide bonds. The van der Waals surface area contributed by atoms with E-state index in [2.05, 4.69) is 31.8 Å². The van der Waals surface area contributed by atoms with Crippen LogP contribution in [0, 0.1) is 11.3 Å². The Hall–Kier alpha value is -3.87. The number of rotatable bonds is 5. The highest BCUT2D eigenvalue weighted by Gasteiger charge is 2.15. The number of pyridine rings is 1. The average Bonchev–Trinajstić information content (AvgIpc) is 3.33. The Balaban J connectivity index is 1.73. The number of halogens is 2. The summed E-state index contributed by atoms with van der Waals surface area (Å²) in [6.45, 7) is -0.514. The fourth-order valence-corrected chi connectivity index (χ4v) is 2.91. The van der Waals surface area contributed by atoms with Crippen LogP contribution >= 0.6 is 0 Å². The Morgan fingerprint density at radius 1 is 1.21 bits per heavy atom. The van der Waals surface area contributed by atoms with Crippen LogP contribution in [0.15, 0.2) is 42.9 Å². The third-order valence-electron chi connectivity index (χ3n) is 4.20. The summed E-state index contributed by atoms with van der Waals surface area (Å²) in [6, 6.07) is 9.35. The lowest BCUT2D eigenvalue weighted by molar-refractivity contribution is 0.121. The van der Waals surface area contributed by atoms with Gasteiger partial charge in [0, 0.05) is 24.5 Å². The molecule has 140 valence electrons. The van der Waals surface area contributed by atoms with Crippen molar-refractivity contribution >= 4 is 11.2 Å². The van der Waals surface area contributed by atoms with Gasteiger partial charge < -0.3 is 5.32 Å². The first-order valence-electron chi connectivity index (χ1n) is 8.33. The van der Waals surface area contributed by atoms with Crippen LogP contribution in [-0.4, -0.2) is 43.1 Å². The van der Waals surface area contributed by atoms with Gasteiger partial charge in [-0.2, -0.15) is 10.4 Å². The van der Waals surface area contributed by atoms with E-state index < -0.39 is 13.0 Å². The highest BCUT2D eigenvalue weighted by atomic mass is 19.3. The van der Waals surface area contributed by atoms with Crippen molar-refractivity contribution in [2.24, 2.45) is 0 Å². The molecule has 0 aromatic carbocycles. The van der Waals surface area contributed by atoms with E-state index in [4.69, 9.17) is 5.26 Å². The Morgan fingerprint density at radius 2 is 2.07 bits per heavy atom. The van der Waals surface area contributed by atoms with Crippen molar-refractivity contribution in [3.8, 4) is 28.7 Å². The largest absolute Gasteiger partial charge is 0.387 e. The molecule has 0 aliphatic rings. The van der Waals surface area contributed by atoms with Gasteiger partial charge in [0.05, 0.1) is 34.9 Å². The first kappa shape index (κ1) is 17.5. The summed E-state index contributed by atoms with van der Waals surface area (Å²) in [7, 11) is 1.75. The Morgan fingerprint density at radius 3 is 2.82 bits per heavy atom. The standard InChI is InChI=1S/C18H14F2N8/c1-22-14-5-15(17-3-2-12-4-11(6-21)7-24-28(12)17)23-8-13(14)16-9-27(26-25-16)10-18(19)20/h2-5,7-9,18H,10H2,1H3,(H,22,23). The van der Waals surface area contributed by atoms with Crippen LogP contribution in [0.5, 0.6) is 0 Å². The first-order valence-corrected chi connectivity index (χ1v) is 8.33. The second-order valence-corrected chi connectivity index (χ2v) is 5.99. The zero-order valence-corrected chi connectivity index (χ0v) is 14.7. The van der Waals surface area contributed by atoms with Gasteiger partial charge in [0.1, 0.15) is 18.3 Å². The molecule has 0 atom stereocenters. The van der Waals surface area contributed by atoms with Gasteiger partial charge in [-0.3, -0.25) is 4.98 Å². The molecule has 10 heteroatoms. The van der Waals surface area contributed by atoms with E-state index in [1.165, 1.54) is 12.4 Å². The molecule has 1 N–H and O–H groups in total. The minimum Gasteiger partial charge on any atom is -0.387 e. The number of hydrogen-bond donors (Lipinski definition) is 1. The molecule has 4 rings (SSSR count). The average molecular weight is 380 g/mol. The summed E-state index contributed by atoms with van der Waals surface area (Å²) in [6.07, 6.45) is 2.06. The number of anilines is 1. The van der Waals surface area contributed by atoms with E-state index in [-0.39, 0.29) is 0 Å². The number of nitriles is 1. The molecule has 4 aromatic heterocycles. The molecule has 0 saturated carbocycles. The monoisotopic (exact) mass is 380 g/mol. The predicted octanol–water partition coefficient (Wildman–Crippen LogP) is 2.83. The fourth-order valence-electron chi connectivity index (χ4n) is 2.91. The van der Waals surface area contributed by atoms with E-state index >= 15 is 0 Å². The Kier molecular flexibility index (Phi) is 4.41. The molecule has 0 aliphatic heterocycles. The lowest BCUT2D eigenvalue weighted by Gasteiger charge is -2.09. The summed E-state index contributed by atoms with van der Waals surface area (Å²) in [4.78, 5) is 4.48. The summed E-state index contributed by atoms with van der Waals surface area (Å²) in [5, 5.41) is 24.1. The number of aromatic nitrogens is 6. The molecule has 8 nitrogen and oxygen atoms in total. The normalized spacial score (nSPS) is 11.1. The van der Waals surface area contributed by atoms with Gasteiger partial charge in [-0.05, 0) is 24.3 Å². The van der Waals surface area contributed by atoms with Gasteiger partial charge in [-0.1, -0.05) is 5.21 Å². The van der Waals surface area contributed by atoms with Crippen LogP contribution in [-0.2, 0) is 6.54 Å². The predicted molar refractivity (Wildman–Crippen MR) is 97.7 cm³/mol. The maximum Gasteiger partial charge on any atom is 0.257 e. The zero-order valence-electron chi connectivity index (χ0n) is 14.7. The van der Waals surface area contributed by atoms with Crippen molar-refractivity contribution in [2.75, 3.05) is 12.4 Å². The molecule has 28 heavy (non-hydrogen) atoms. The Labute approximate surface area is 158 Å². The third kappa shape index (κ3) is 3.14. The SMILES string of the molecule is CNc1cc(-c2ccc3cc(C#N)cnn23)ncc1-c1cn(CC(F)F)nn1. The molecule has 0 bridgehead atoms. The van der Waals surface area contributed by atoms with Crippen molar-refractivity contribution < 1.29 is 8.78 Å². The van der Waals surface area contributed by atoms with Crippen LogP contribution in [0.4, 0.5) is 14.5 Å². The van der Waals surface area contributed by atoms with Gasteiger partial charge in [0.15, 0.2) is 0 Å². The van der Waals surface area contributed by atoms with Crippen LogP contribution < -0.4 is 5.32 Å². The number of hydrogen-bond acceptors (Lipinski definition) is 6. The van der Waals surface area contributed by atoms with E-state index in [9.17, 15) is 8.78 Å². The highest BCUT2D eigenvalue weighted by Crippen LogP contribution is 2.30. The number of nitrogens with zero attached hydrogens (tertiary/aromatic N) is 7. The Bertz CT molecular complexity index is 1190. The van der Waals surface area contributed by atoms with Gasteiger partial charge in [0.2, 0.25) is 0 Å². The van der Waals surface area contributed by atoms with Gasteiger partial charge in [-0.25, -0.2) is 18.0 Å². The summed E-state index contributed by atoms with van der Waals surface area (Å²) >= 11 is 0. The van der Waals surface area contributed by atoms with Crippen LogP contribution in [0.3, 0.4) is 0 Å². The van der Waals surface area contributed by atoms with Crippen molar-refractivity contribution in [3.63, 3.8) is 0 Å². The zero-order chi connectivity index (χ0) is 19.7. The van der Waals surface area contributed by atoms with E-state index in [1.807, 2.05) is 18.2 Å². The maximum absolute atomic E-state index is 12.5. The minimum atomic E-state index is -2.50. The minimum absolute atomic E-state index is 0.445. The van der Waals surface area contributed by atoms with E-state index in [0.717, 1.165) is 21.6 Å². The smallest absolute Gasteiger partial charge is 0.257 e. The van der Waals surface area contributed by atoms with Crippen molar-refractivity contribution in [1.29, 1.82) is 5.26 Å². The van der Waals surface area contributed by atoms with Crippen molar-refractivity contribution in [2.45, 2.75) is 13.0 Å². The van der Waals surface area contributed by atoms with Crippen molar-refractivity contribution in [3.05, 3.63) is 48.4 Å². The van der Waals surface area contributed by atoms with E-state index in [1.54, 1.807) is 23.8 Å². The third-order valence-corrected chi connectivity index (χ3v) is 4.20. The molecule has 0 unspecified atom stereocenters. The molecule has 4 heterocycles. The summed E-state index contributed by atoms with van der Waals surface area (Å²) < 4.78 is 27.8. The molecule has 0 spiro atoms. The molecular formula is C18H14F2N8. The molecule has 0 fully saturated rings. The highest BCUT2D eigenvalue weighted by molar-refractivity contribution is 5.78. The van der Waals surface area contributed by atoms with Gasteiger partial charge >= 0.3 is 0 Å². The van der Waals surface area contributed by atoms with E-state index in [0.29, 0.717) is 22.5 Å². The van der Waals surface area contributed by atoms with Crippen LogP contribution in [0.25, 0.3) is 28.2 Å². The second kappa shape index (κ2) is 7.03. The number of fused-ring (bicyclic) bond motifs is 1. The first-order chi connectivity index (χ1) is 13.6. The molecule has 4 aromatic rings. The maximum atomic E-state index is 12.5. The van der Waals surface area contributed by atoms with Gasteiger partial charge in [0.25, 0.3) is 6.43 Å². The quantitative estimate of drug-likeness (QED) is 0.572. The van der Waals surface area contributed by atoms with Crippen molar-refractivity contribution in [1.82, 2.24) is 29.6 Å². The second-order valence-electron chi connectivity index (χ2n) is 5.99. The van der Waals surface area contributed by atoms with Crippen LogP contribution in [0.1, 0.15) is 5.56 Å². The van der Waals surface area contributed by atoms with Gasteiger partial charge in [-0.15, -0.1) is 5.10 Å². The lowest BCUT2D eigenvalue weighted by Crippen LogP contribution is -2.06. The molecular weight excluding hydrogens is 366 g/mol. The summed E-state index contributed by atoms with van der Waals surface area (Å²) in [5.74, 6) is 0. The summed E-state index contributed by atoms with van der Waals surface area (Å²) in [5.41, 5.74) is 4.48. The number of alkyl halides is 2.